The van der Waals surface area contributed by atoms with Gasteiger partial charge in [-0.05, 0) is 78.7 Å². The van der Waals surface area contributed by atoms with Gasteiger partial charge < -0.3 is 4.90 Å². The van der Waals surface area contributed by atoms with E-state index < -0.39 is 0 Å². The number of nitrogens with one attached hydrogen (secondary N) is 1. The summed E-state index contributed by atoms with van der Waals surface area (Å²) in [6.07, 6.45) is 0. The Labute approximate surface area is 181 Å². The van der Waals surface area contributed by atoms with Crippen molar-refractivity contribution < 1.29 is 4.79 Å². The van der Waals surface area contributed by atoms with Gasteiger partial charge >= 0.3 is 6.03 Å². The molecule has 6 nitrogen and oxygen atoms in total. The summed E-state index contributed by atoms with van der Waals surface area (Å²) < 4.78 is 5.48. The maximum atomic E-state index is 12.9. The first kappa shape index (κ1) is 20.7. The number of carbonyl (C=O) groups excluding carboxylic acids is 1. The molecular weight excluding hydrogens is 487 g/mol. The summed E-state index contributed by atoms with van der Waals surface area (Å²) in [6, 6.07) is 15.1. The molecule has 0 aliphatic heterocycles. The average Bonchev–Trinajstić information content (AvgIpc) is 2.70. The summed E-state index contributed by atoms with van der Waals surface area (Å²) in [5.41, 5.74) is 0.625. The number of amides is 2. The quantitative estimate of drug-likeness (QED) is 0.403. The van der Waals surface area contributed by atoms with Gasteiger partial charge in [-0.3, -0.25) is 14.1 Å². The molecule has 8 heteroatoms. The fraction of sp³-hybridized carbons (Fsp3) is 0.250. The van der Waals surface area contributed by atoms with Crippen molar-refractivity contribution in [3.8, 4) is 0 Å². The highest BCUT2D eigenvalue weighted by atomic mass is 127. The standard InChI is InChI=1S/C20H21IN4O2S/c1-3-24(20(27)23-28-16-7-5-4-6-8-16)11-12-25-14(2)22-18-10-9-15(21)13-17(18)19(25)26/h4-10,13H,3,11-12H2,1-2H3,(H,23,27). The molecule has 0 aliphatic rings. The third kappa shape index (κ3) is 4.85. The first-order chi connectivity index (χ1) is 13.5. The second-order valence-corrected chi connectivity index (χ2v) is 8.30. The molecule has 146 valence electrons. The Morgan fingerprint density at radius 3 is 2.71 bits per heavy atom. The Morgan fingerprint density at radius 2 is 2.00 bits per heavy atom. The highest BCUT2D eigenvalue weighted by molar-refractivity contribution is 14.1. The molecule has 2 amide bonds. The Morgan fingerprint density at radius 1 is 1.25 bits per heavy atom. The maximum absolute atomic E-state index is 12.9. The molecule has 28 heavy (non-hydrogen) atoms. The Kier molecular flexibility index (Phi) is 6.95. The Balaban J connectivity index is 1.70. The van der Waals surface area contributed by atoms with E-state index in [1.807, 2.05) is 62.4 Å². The van der Waals surface area contributed by atoms with Crippen molar-refractivity contribution in [1.82, 2.24) is 19.2 Å². The lowest BCUT2D eigenvalue weighted by Gasteiger charge is -2.22. The van der Waals surface area contributed by atoms with Crippen molar-refractivity contribution in [1.29, 1.82) is 0 Å². The van der Waals surface area contributed by atoms with Crippen molar-refractivity contribution in [2.45, 2.75) is 25.3 Å². The summed E-state index contributed by atoms with van der Waals surface area (Å²) >= 11 is 3.47. The summed E-state index contributed by atoms with van der Waals surface area (Å²) in [5, 5.41) is 0.602. The van der Waals surface area contributed by atoms with Crippen LogP contribution in [-0.4, -0.2) is 33.6 Å². The van der Waals surface area contributed by atoms with Gasteiger partial charge in [0.25, 0.3) is 5.56 Å². The van der Waals surface area contributed by atoms with E-state index in [0.717, 1.165) is 8.47 Å². The molecule has 1 aromatic heterocycles. The van der Waals surface area contributed by atoms with Crippen molar-refractivity contribution in [2.24, 2.45) is 0 Å². The van der Waals surface area contributed by atoms with Gasteiger partial charge in [-0.2, -0.15) is 0 Å². The first-order valence-electron chi connectivity index (χ1n) is 8.93. The van der Waals surface area contributed by atoms with E-state index in [-0.39, 0.29) is 11.6 Å². The zero-order valence-electron chi connectivity index (χ0n) is 15.7. The number of urea groups is 1. The minimum absolute atomic E-state index is 0.0730. The third-order valence-electron chi connectivity index (χ3n) is 4.37. The zero-order valence-corrected chi connectivity index (χ0v) is 18.7. The van der Waals surface area contributed by atoms with Gasteiger partial charge in [-0.1, -0.05) is 18.2 Å². The molecule has 0 fully saturated rings. The molecule has 0 spiro atoms. The van der Waals surface area contributed by atoms with Gasteiger partial charge in [0.1, 0.15) is 5.82 Å². The summed E-state index contributed by atoms with van der Waals surface area (Å²) in [7, 11) is 0. The highest BCUT2D eigenvalue weighted by Crippen LogP contribution is 2.14. The number of carbonyl (C=O) groups is 1. The number of benzene rings is 2. The third-order valence-corrected chi connectivity index (χ3v) is 5.82. The van der Waals surface area contributed by atoms with Crippen LogP contribution in [0.5, 0.6) is 0 Å². The number of nitrogens with zero attached hydrogens (tertiary/aromatic N) is 3. The second kappa shape index (κ2) is 9.42. The van der Waals surface area contributed by atoms with Crippen LogP contribution in [0.15, 0.2) is 58.2 Å². The zero-order chi connectivity index (χ0) is 20.1. The predicted octanol–water partition coefficient (Wildman–Crippen LogP) is 4.05. The largest absolute Gasteiger partial charge is 0.327 e. The van der Waals surface area contributed by atoms with Crippen LogP contribution in [0.2, 0.25) is 0 Å². The summed E-state index contributed by atoms with van der Waals surface area (Å²) in [4.78, 5) is 32.6. The van der Waals surface area contributed by atoms with E-state index in [1.54, 1.807) is 9.47 Å². The molecular formula is C20H21IN4O2S. The number of fused-ring (bicyclic) bond motifs is 1. The molecule has 1 heterocycles. The van der Waals surface area contributed by atoms with Gasteiger partial charge in [0.15, 0.2) is 0 Å². The van der Waals surface area contributed by atoms with Crippen molar-refractivity contribution in [3.63, 3.8) is 0 Å². The smallest absolute Gasteiger partial charge is 0.323 e. The molecule has 1 N–H and O–H groups in total. The van der Waals surface area contributed by atoms with E-state index in [9.17, 15) is 9.59 Å². The number of hydrogen-bond acceptors (Lipinski definition) is 4. The molecule has 0 saturated carbocycles. The van der Waals surface area contributed by atoms with Crippen LogP contribution in [0.1, 0.15) is 12.7 Å². The lowest BCUT2D eigenvalue weighted by Crippen LogP contribution is -2.40. The number of rotatable bonds is 6. The number of aryl methyl sites for hydroxylation is 1. The average molecular weight is 508 g/mol. The fourth-order valence-electron chi connectivity index (χ4n) is 2.85. The minimum Gasteiger partial charge on any atom is -0.323 e. The van der Waals surface area contributed by atoms with E-state index in [4.69, 9.17) is 0 Å². The monoisotopic (exact) mass is 508 g/mol. The molecule has 0 atom stereocenters. The van der Waals surface area contributed by atoms with E-state index in [1.165, 1.54) is 11.9 Å². The number of aromatic nitrogens is 2. The normalized spacial score (nSPS) is 10.8. The van der Waals surface area contributed by atoms with Crippen molar-refractivity contribution >= 4 is 51.5 Å². The molecule has 0 radical (unpaired) electrons. The maximum Gasteiger partial charge on any atom is 0.327 e. The van der Waals surface area contributed by atoms with Crippen molar-refractivity contribution in [2.75, 3.05) is 13.1 Å². The molecule has 0 aliphatic carbocycles. The molecule has 0 saturated heterocycles. The van der Waals surface area contributed by atoms with Crippen LogP contribution in [0.25, 0.3) is 10.9 Å². The van der Waals surface area contributed by atoms with Crippen LogP contribution >= 0.6 is 34.5 Å². The molecule has 0 bridgehead atoms. The van der Waals surface area contributed by atoms with Gasteiger partial charge in [0.2, 0.25) is 0 Å². The van der Waals surface area contributed by atoms with E-state index in [2.05, 4.69) is 32.3 Å². The van der Waals surface area contributed by atoms with Crippen LogP contribution < -0.4 is 10.3 Å². The second-order valence-electron chi connectivity index (χ2n) is 6.18. The van der Waals surface area contributed by atoms with Crippen LogP contribution in [0.3, 0.4) is 0 Å². The number of likely N-dealkylation sites (N-methyl/N-ethyl adjacent to an activating group) is 1. The van der Waals surface area contributed by atoms with Gasteiger partial charge in [-0.25, -0.2) is 9.78 Å². The lowest BCUT2D eigenvalue weighted by molar-refractivity contribution is 0.204. The minimum atomic E-state index is -0.176. The van der Waals surface area contributed by atoms with Gasteiger partial charge in [0, 0.05) is 28.1 Å². The molecule has 3 aromatic rings. The Hall–Kier alpha value is -2.07. The van der Waals surface area contributed by atoms with Gasteiger partial charge in [-0.15, -0.1) is 0 Å². The molecule has 2 aromatic carbocycles. The summed E-state index contributed by atoms with van der Waals surface area (Å²) in [6.45, 7) is 5.11. The fourth-order valence-corrected chi connectivity index (χ4v) is 3.97. The first-order valence-corrected chi connectivity index (χ1v) is 10.8. The molecule has 0 unspecified atom stereocenters. The van der Waals surface area contributed by atoms with Crippen LogP contribution in [-0.2, 0) is 6.54 Å². The SMILES string of the molecule is CCN(CCn1c(C)nc2ccc(I)cc2c1=O)C(=O)NSc1ccccc1. The number of halogens is 1. The lowest BCUT2D eigenvalue weighted by atomic mass is 10.2. The summed E-state index contributed by atoms with van der Waals surface area (Å²) in [5.74, 6) is 0.647. The predicted molar refractivity (Wildman–Crippen MR) is 122 cm³/mol. The topological polar surface area (TPSA) is 67.2 Å². The van der Waals surface area contributed by atoms with E-state index in [0.29, 0.717) is 36.4 Å². The van der Waals surface area contributed by atoms with Crippen LogP contribution in [0, 0.1) is 10.5 Å². The van der Waals surface area contributed by atoms with Gasteiger partial charge in [0.05, 0.1) is 10.9 Å². The Bertz CT molecular complexity index is 1040. The highest BCUT2D eigenvalue weighted by Gasteiger charge is 2.14. The molecule has 3 rings (SSSR count). The van der Waals surface area contributed by atoms with Crippen molar-refractivity contribution in [3.05, 3.63) is 68.3 Å². The number of hydrogen-bond donors (Lipinski definition) is 1. The van der Waals surface area contributed by atoms with E-state index >= 15 is 0 Å². The van der Waals surface area contributed by atoms with Crippen LogP contribution in [0.4, 0.5) is 4.79 Å².